The van der Waals surface area contributed by atoms with E-state index in [2.05, 4.69) is 5.32 Å². The molecule has 0 bridgehead atoms. The number of methoxy groups -OCH3 is 3. The van der Waals surface area contributed by atoms with Crippen LogP contribution >= 0.6 is 11.6 Å². The minimum absolute atomic E-state index is 0.0526. The van der Waals surface area contributed by atoms with Gasteiger partial charge in [0.15, 0.2) is 0 Å². The second-order valence-corrected chi connectivity index (χ2v) is 9.35. The summed E-state index contributed by atoms with van der Waals surface area (Å²) in [4.78, 5) is 40.2. The fraction of sp³-hybridized carbons (Fsp3) is 0.129. The van der Waals surface area contributed by atoms with Crippen LogP contribution in [0.15, 0.2) is 78.4 Å². The van der Waals surface area contributed by atoms with Gasteiger partial charge in [0, 0.05) is 23.8 Å². The van der Waals surface area contributed by atoms with Gasteiger partial charge in [-0.05, 0) is 34.5 Å². The van der Waals surface area contributed by atoms with Crippen LogP contribution in [-0.2, 0) is 16.2 Å². The summed E-state index contributed by atoms with van der Waals surface area (Å²) in [5.74, 6) is -0.473. The number of rotatable bonds is 8. The molecule has 4 amide bonds. The molecule has 1 heterocycles. The van der Waals surface area contributed by atoms with Crippen molar-refractivity contribution in [3.05, 3.63) is 94.5 Å². The third-order valence-corrected chi connectivity index (χ3v) is 6.87. The van der Waals surface area contributed by atoms with Gasteiger partial charge in [0.05, 0.1) is 32.0 Å². The number of nitrogens with one attached hydrogen (secondary N) is 1. The molecule has 10 heteroatoms. The summed E-state index contributed by atoms with van der Waals surface area (Å²) < 4.78 is 22.2. The van der Waals surface area contributed by atoms with Crippen LogP contribution in [0.3, 0.4) is 0 Å². The van der Waals surface area contributed by atoms with Crippen molar-refractivity contribution in [1.82, 2.24) is 5.32 Å². The maximum Gasteiger partial charge on any atom is 0.336 e. The zero-order chi connectivity index (χ0) is 29.1. The minimum atomic E-state index is -0.943. The number of urea groups is 1. The number of amides is 4. The van der Waals surface area contributed by atoms with E-state index in [1.54, 1.807) is 18.2 Å². The van der Waals surface area contributed by atoms with Gasteiger partial charge in [0.2, 0.25) is 0 Å². The molecule has 208 valence electrons. The summed E-state index contributed by atoms with van der Waals surface area (Å²) in [6.07, 6.45) is 1.37. The molecule has 4 aromatic carbocycles. The number of carbonyl (C=O) groups excluding carboxylic acids is 3. The minimum Gasteiger partial charge on any atom is -0.497 e. The van der Waals surface area contributed by atoms with Crippen molar-refractivity contribution in [3.63, 3.8) is 0 Å². The molecule has 1 aliphatic heterocycles. The quantitative estimate of drug-likeness (QED) is 0.211. The highest BCUT2D eigenvalue weighted by Gasteiger charge is 2.39. The average molecular weight is 573 g/mol. The summed E-state index contributed by atoms with van der Waals surface area (Å²) in [6, 6.07) is 20.8. The summed E-state index contributed by atoms with van der Waals surface area (Å²) in [6.45, 7) is 0.219. The number of hydrogen-bond acceptors (Lipinski definition) is 7. The lowest BCUT2D eigenvalue weighted by molar-refractivity contribution is -0.122. The molecule has 1 aliphatic rings. The van der Waals surface area contributed by atoms with Gasteiger partial charge in [-0.15, -0.1) is 0 Å². The second-order valence-electron chi connectivity index (χ2n) is 8.95. The van der Waals surface area contributed by atoms with Crippen LogP contribution in [0.25, 0.3) is 16.8 Å². The van der Waals surface area contributed by atoms with E-state index < -0.39 is 17.8 Å². The van der Waals surface area contributed by atoms with Crippen LogP contribution in [0.5, 0.6) is 23.0 Å². The molecule has 1 fully saturated rings. The SMILES string of the molecule is COc1ccc(/C=C2\C(=O)NC(=O)N(c3cc(OC)c(Cl)cc3OC)C2=O)c(OCc2cccc3ccccc23)c1. The highest BCUT2D eigenvalue weighted by Crippen LogP contribution is 2.39. The van der Waals surface area contributed by atoms with E-state index in [4.69, 9.17) is 30.5 Å². The van der Waals surface area contributed by atoms with Crippen LogP contribution in [0, 0.1) is 0 Å². The van der Waals surface area contributed by atoms with Gasteiger partial charge in [-0.1, -0.05) is 54.1 Å². The van der Waals surface area contributed by atoms with Crippen molar-refractivity contribution < 1.29 is 33.3 Å². The van der Waals surface area contributed by atoms with Crippen LogP contribution in [-0.4, -0.2) is 39.2 Å². The zero-order valence-electron chi connectivity index (χ0n) is 22.4. The third-order valence-electron chi connectivity index (χ3n) is 6.58. The Balaban J connectivity index is 1.53. The lowest BCUT2D eigenvalue weighted by Crippen LogP contribution is -2.54. The van der Waals surface area contributed by atoms with Crippen molar-refractivity contribution >= 4 is 52.0 Å². The Bertz CT molecular complexity index is 1710. The molecule has 5 rings (SSSR count). The summed E-state index contributed by atoms with van der Waals surface area (Å²) in [5.41, 5.74) is 1.15. The Hall–Kier alpha value is -5.02. The zero-order valence-corrected chi connectivity index (χ0v) is 23.2. The highest BCUT2D eigenvalue weighted by molar-refractivity contribution is 6.39. The predicted molar refractivity (Wildman–Crippen MR) is 155 cm³/mol. The molecule has 1 saturated heterocycles. The average Bonchev–Trinajstić information content (AvgIpc) is 2.98. The van der Waals surface area contributed by atoms with E-state index in [9.17, 15) is 14.4 Å². The molecular formula is C31H25ClN2O7. The van der Waals surface area contributed by atoms with Crippen molar-refractivity contribution in [1.29, 1.82) is 0 Å². The number of ether oxygens (including phenoxy) is 4. The fourth-order valence-corrected chi connectivity index (χ4v) is 4.74. The van der Waals surface area contributed by atoms with Gasteiger partial charge in [0.25, 0.3) is 11.8 Å². The first-order valence-corrected chi connectivity index (χ1v) is 12.8. The number of hydrogen-bond donors (Lipinski definition) is 1. The molecule has 9 nitrogen and oxygen atoms in total. The Morgan fingerprint density at radius 1 is 0.829 bits per heavy atom. The van der Waals surface area contributed by atoms with Crippen LogP contribution in [0.2, 0.25) is 5.02 Å². The van der Waals surface area contributed by atoms with E-state index in [0.29, 0.717) is 17.1 Å². The van der Waals surface area contributed by atoms with Crippen LogP contribution in [0.4, 0.5) is 10.5 Å². The van der Waals surface area contributed by atoms with Crippen molar-refractivity contribution in [2.75, 3.05) is 26.2 Å². The monoisotopic (exact) mass is 572 g/mol. The van der Waals surface area contributed by atoms with Gasteiger partial charge in [-0.25, -0.2) is 9.69 Å². The number of fused-ring (bicyclic) bond motifs is 1. The Morgan fingerprint density at radius 3 is 2.34 bits per heavy atom. The van der Waals surface area contributed by atoms with E-state index in [0.717, 1.165) is 21.2 Å². The van der Waals surface area contributed by atoms with Crippen molar-refractivity contribution in [3.8, 4) is 23.0 Å². The standard InChI is InChI=1S/C31H25ClN2O7/c1-38-21-12-11-19(26(14-21)41-17-20-9-6-8-18-7-4-5-10-22(18)20)13-23-29(35)33-31(37)34(30(23)36)25-16-27(39-2)24(32)15-28(25)40-3/h4-16H,17H2,1-3H3,(H,33,35,37)/b23-13+. The first kappa shape index (κ1) is 27.5. The third kappa shape index (κ3) is 5.39. The van der Waals surface area contributed by atoms with Gasteiger partial charge >= 0.3 is 6.03 Å². The molecule has 41 heavy (non-hydrogen) atoms. The highest BCUT2D eigenvalue weighted by atomic mass is 35.5. The number of nitrogens with zero attached hydrogens (tertiary/aromatic N) is 1. The summed E-state index contributed by atoms with van der Waals surface area (Å²) in [5, 5.41) is 4.55. The lowest BCUT2D eigenvalue weighted by atomic mass is 10.0. The van der Waals surface area contributed by atoms with E-state index >= 15 is 0 Å². The van der Waals surface area contributed by atoms with Crippen LogP contribution in [0.1, 0.15) is 11.1 Å². The molecule has 0 aliphatic carbocycles. The Kier molecular flexibility index (Phi) is 7.80. The maximum absolute atomic E-state index is 13.6. The van der Waals surface area contributed by atoms with Gasteiger partial charge in [-0.3, -0.25) is 14.9 Å². The number of benzene rings is 4. The maximum atomic E-state index is 13.6. The van der Waals surface area contributed by atoms with Crippen molar-refractivity contribution in [2.24, 2.45) is 0 Å². The predicted octanol–water partition coefficient (Wildman–Crippen LogP) is 5.76. The molecule has 0 radical (unpaired) electrons. The first-order valence-electron chi connectivity index (χ1n) is 12.4. The smallest absolute Gasteiger partial charge is 0.336 e. The van der Waals surface area contributed by atoms with E-state index in [1.165, 1.54) is 39.5 Å². The van der Waals surface area contributed by atoms with E-state index in [-0.39, 0.29) is 34.4 Å². The molecular weight excluding hydrogens is 548 g/mol. The summed E-state index contributed by atoms with van der Waals surface area (Å²) in [7, 11) is 4.29. The largest absolute Gasteiger partial charge is 0.497 e. The number of anilines is 1. The topological polar surface area (TPSA) is 103 Å². The molecule has 4 aromatic rings. The molecule has 0 atom stereocenters. The van der Waals surface area contributed by atoms with Gasteiger partial charge < -0.3 is 18.9 Å². The first-order chi connectivity index (χ1) is 19.8. The molecule has 0 spiro atoms. The second kappa shape index (κ2) is 11.6. The summed E-state index contributed by atoms with van der Waals surface area (Å²) >= 11 is 6.20. The normalized spacial score (nSPS) is 14.3. The Morgan fingerprint density at radius 2 is 1.59 bits per heavy atom. The van der Waals surface area contributed by atoms with E-state index in [1.807, 2.05) is 42.5 Å². The van der Waals surface area contributed by atoms with Crippen molar-refractivity contribution in [2.45, 2.75) is 6.61 Å². The molecule has 1 N–H and O–H groups in total. The number of barbiturate groups is 1. The number of carbonyl (C=O) groups is 3. The molecule has 0 unspecified atom stereocenters. The molecule has 0 saturated carbocycles. The number of halogens is 1. The van der Waals surface area contributed by atoms with Gasteiger partial charge in [0.1, 0.15) is 35.2 Å². The lowest BCUT2D eigenvalue weighted by Gasteiger charge is -2.28. The Labute approximate surface area is 240 Å². The fourth-order valence-electron chi connectivity index (χ4n) is 4.51. The van der Waals surface area contributed by atoms with Gasteiger partial charge in [-0.2, -0.15) is 0 Å². The molecule has 0 aromatic heterocycles. The van der Waals surface area contributed by atoms with Crippen LogP contribution < -0.4 is 29.2 Å². The number of imide groups is 2.